The summed E-state index contributed by atoms with van der Waals surface area (Å²) in [6.07, 6.45) is 0.530. The molecule has 202 valence electrons. The highest BCUT2D eigenvalue weighted by molar-refractivity contribution is 7.86. The first-order valence-electron chi connectivity index (χ1n) is 12.3. The van der Waals surface area contributed by atoms with Crippen LogP contribution in [0.4, 0.5) is 4.79 Å². The van der Waals surface area contributed by atoms with Crippen LogP contribution in [0.2, 0.25) is 0 Å². The molecule has 3 aromatic carbocycles. The first-order chi connectivity index (χ1) is 18.1. The molecule has 3 aromatic rings. The maximum absolute atomic E-state index is 12.9. The van der Waals surface area contributed by atoms with Crippen molar-refractivity contribution in [3.8, 4) is 16.9 Å². The minimum atomic E-state index is -3.82. The summed E-state index contributed by atoms with van der Waals surface area (Å²) < 4.78 is 39.9. The van der Waals surface area contributed by atoms with Gasteiger partial charge in [0.2, 0.25) is 0 Å². The quantitative estimate of drug-likeness (QED) is 0.242. The van der Waals surface area contributed by atoms with Gasteiger partial charge in [-0.15, -0.1) is 0 Å². The first-order valence-corrected chi connectivity index (χ1v) is 14.1. The third-order valence-electron chi connectivity index (χ3n) is 5.70. The van der Waals surface area contributed by atoms with E-state index in [2.05, 4.69) is 0 Å². The van der Waals surface area contributed by atoms with Crippen molar-refractivity contribution in [1.82, 2.24) is 4.90 Å². The van der Waals surface area contributed by atoms with E-state index in [4.69, 9.17) is 13.7 Å². The number of aryl methyl sites for hydroxylation is 1. The highest BCUT2D eigenvalue weighted by Gasteiger charge is 2.20. The zero-order chi connectivity index (χ0) is 27.7. The van der Waals surface area contributed by atoms with E-state index < -0.39 is 22.2 Å². The van der Waals surface area contributed by atoms with Crippen molar-refractivity contribution in [2.24, 2.45) is 0 Å². The minimum Gasteiger partial charge on any atom is -0.466 e. The summed E-state index contributed by atoms with van der Waals surface area (Å²) in [4.78, 5) is 26.6. The molecular formula is C29H33NO7S. The van der Waals surface area contributed by atoms with Crippen molar-refractivity contribution in [3.63, 3.8) is 0 Å². The fourth-order valence-electron chi connectivity index (χ4n) is 3.95. The number of ether oxygens (including phenoxy) is 2. The van der Waals surface area contributed by atoms with Crippen LogP contribution in [0.25, 0.3) is 11.1 Å². The molecule has 0 atom stereocenters. The van der Waals surface area contributed by atoms with E-state index in [0.717, 1.165) is 22.9 Å². The van der Waals surface area contributed by atoms with Gasteiger partial charge in [0.05, 0.1) is 19.3 Å². The number of hydrogen-bond donors (Lipinski definition) is 0. The van der Waals surface area contributed by atoms with Gasteiger partial charge in [0.1, 0.15) is 12.4 Å². The Morgan fingerprint density at radius 3 is 2.26 bits per heavy atom. The molecule has 0 aliphatic rings. The number of hydrogen-bond acceptors (Lipinski definition) is 7. The molecule has 0 aliphatic carbocycles. The molecule has 0 spiro atoms. The molecule has 0 saturated carbocycles. The molecule has 0 heterocycles. The molecule has 0 saturated heterocycles. The second kappa shape index (κ2) is 13.1. The molecule has 0 fully saturated rings. The lowest BCUT2D eigenvalue weighted by molar-refractivity contribution is -0.142. The van der Waals surface area contributed by atoms with Gasteiger partial charge in [-0.3, -0.25) is 4.79 Å². The average molecular weight is 540 g/mol. The van der Waals surface area contributed by atoms with Crippen LogP contribution in [0, 0.1) is 6.92 Å². The Hall–Kier alpha value is -3.85. The third kappa shape index (κ3) is 8.34. The Balaban J connectivity index is 1.96. The number of nitrogens with zero attached hydrogens (tertiary/aromatic N) is 1. The van der Waals surface area contributed by atoms with Crippen molar-refractivity contribution >= 4 is 22.2 Å². The lowest BCUT2D eigenvalue weighted by atomic mass is 9.94. The van der Waals surface area contributed by atoms with Gasteiger partial charge in [-0.1, -0.05) is 60.2 Å². The van der Waals surface area contributed by atoms with Gasteiger partial charge >= 0.3 is 22.2 Å². The van der Waals surface area contributed by atoms with Crippen molar-refractivity contribution in [2.75, 3.05) is 19.4 Å². The number of carbonyl (C=O) groups is 2. The minimum absolute atomic E-state index is 0.0219. The Labute approximate surface area is 224 Å². The Kier molecular flexibility index (Phi) is 9.90. The topological polar surface area (TPSA) is 99.2 Å². The van der Waals surface area contributed by atoms with Crippen LogP contribution in [-0.4, -0.2) is 44.8 Å². The van der Waals surface area contributed by atoms with E-state index >= 15 is 0 Å². The van der Waals surface area contributed by atoms with Crippen LogP contribution in [0.15, 0.2) is 66.7 Å². The summed E-state index contributed by atoms with van der Waals surface area (Å²) in [6, 6.07) is 20.0. The van der Waals surface area contributed by atoms with Crippen LogP contribution in [0.5, 0.6) is 5.75 Å². The summed E-state index contributed by atoms with van der Waals surface area (Å²) in [5.41, 5.74) is 4.42. The molecule has 3 rings (SSSR count). The van der Waals surface area contributed by atoms with Gasteiger partial charge in [0, 0.05) is 18.7 Å². The van der Waals surface area contributed by atoms with Crippen LogP contribution in [-0.2, 0) is 44.0 Å². The summed E-state index contributed by atoms with van der Waals surface area (Å²) in [6.45, 7) is 6.56. The van der Waals surface area contributed by atoms with E-state index in [1.807, 2.05) is 62.4 Å². The standard InChI is InChI=1S/C29H33NO7S/c1-5-30(29(32)36-20-22-10-8-7-9-11-22)19-24-16-21(3)12-14-25(24)26-17-23(18-28(31)35-6-2)13-15-27(26)37-38(4,33)34/h7-17H,5-6,18-20H2,1-4H3. The Morgan fingerprint density at radius 1 is 0.868 bits per heavy atom. The number of amides is 1. The zero-order valence-corrected chi connectivity index (χ0v) is 22.9. The molecular weight excluding hydrogens is 506 g/mol. The largest absolute Gasteiger partial charge is 0.466 e. The van der Waals surface area contributed by atoms with Gasteiger partial charge in [0.15, 0.2) is 0 Å². The third-order valence-corrected chi connectivity index (χ3v) is 6.18. The number of esters is 1. The van der Waals surface area contributed by atoms with E-state index in [-0.39, 0.29) is 31.9 Å². The van der Waals surface area contributed by atoms with Gasteiger partial charge in [-0.05, 0) is 55.2 Å². The molecule has 0 unspecified atom stereocenters. The molecule has 8 nitrogen and oxygen atoms in total. The maximum Gasteiger partial charge on any atom is 0.410 e. The maximum atomic E-state index is 12.9. The number of carbonyl (C=O) groups excluding carboxylic acids is 2. The second-order valence-corrected chi connectivity index (χ2v) is 10.4. The van der Waals surface area contributed by atoms with E-state index in [1.165, 1.54) is 6.07 Å². The second-order valence-electron chi connectivity index (χ2n) is 8.81. The van der Waals surface area contributed by atoms with Crippen molar-refractivity contribution in [1.29, 1.82) is 0 Å². The fourth-order valence-corrected chi connectivity index (χ4v) is 4.42. The van der Waals surface area contributed by atoms with Crippen molar-refractivity contribution < 1.29 is 31.7 Å². The highest BCUT2D eigenvalue weighted by atomic mass is 32.2. The van der Waals surface area contributed by atoms with Gasteiger partial charge in [-0.25, -0.2) is 4.79 Å². The van der Waals surface area contributed by atoms with Crippen molar-refractivity contribution in [2.45, 2.75) is 40.3 Å². The zero-order valence-electron chi connectivity index (χ0n) is 22.1. The van der Waals surface area contributed by atoms with E-state index in [0.29, 0.717) is 23.2 Å². The average Bonchev–Trinajstić information content (AvgIpc) is 2.87. The summed E-state index contributed by atoms with van der Waals surface area (Å²) >= 11 is 0. The lowest BCUT2D eigenvalue weighted by Gasteiger charge is -2.23. The van der Waals surface area contributed by atoms with Crippen molar-refractivity contribution in [3.05, 3.63) is 89.0 Å². The van der Waals surface area contributed by atoms with Gasteiger partial charge in [0.25, 0.3) is 0 Å². The first kappa shape index (κ1) is 28.7. The molecule has 0 N–H and O–H groups in total. The molecule has 38 heavy (non-hydrogen) atoms. The van der Waals surface area contributed by atoms with Crippen LogP contribution in [0.1, 0.15) is 36.1 Å². The predicted octanol–water partition coefficient (Wildman–Crippen LogP) is 5.26. The smallest absolute Gasteiger partial charge is 0.410 e. The number of rotatable bonds is 11. The molecule has 9 heteroatoms. The molecule has 0 bridgehead atoms. The van der Waals surface area contributed by atoms with Gasteiger partial charge in [-0.2, -0.15) is 8.42 Å². The Morgan fingerprint density at radius 2 is 1.61 bits per heavy atom. The molecule has 0 aromatic heterocycles. The SMILES string of the molecule is CCOC(=O)Cc1ccc(OS(C)(=O)=O)c(-c2ccc(C)cc2CN(CC)C(=O)OCc2ccccc2)c1. The summed E-state index contributed by atoms with van der Waals surface area (Å²) in [5, 5.41) is 0. The lowest BCUT2D eigenvalue weighted by Crippen LogP contribution is -2.31. The predicted molar refractivity (Wildman–Crippen MR) is 145 cm³/mol. The monoisotopic (exact) mass is 539 g/mol. The normalized spacial score (nSPS) is 11.1. The molecule has 0 radical (unpaired) electrons. The number of benzene rings is 3. The van der Waals surface area contributed by atoms with Gasteiger partial charge < -0.3 is 18.6 Å². The van der Waals surface area contributed by atoms with Crippen LogP contribution >= 0.6 is 0 Å². The Bertz CT molecular complexity index is 1370. The molecule has 1 amide bonds. The summed E-state index contributed by atoms with van der Waals surface area (Å²) in [7, 11) is -3.82. The fraction of sp³-hybridized carbons (Fsp3) is 0.310. The van der Waals surface area contributed by atoms with Crippen LogP contribution in [0.3, 0.4) is 0 Å². The van der Waals surface area contributed by atoms with Crippen LogP contribution < -0.4 is 4.18 Å². The summed E-state index contributed by atoms with van der Waals surface area (Å²) in [5.74, 6) is -0.266. The van der Waals surface area contributed by atoms with E-state index in [9.17, 15) is 18.0 Å². The highest BCUT2D eigenvalue weighted by Crippen LogP contribution is 2.35. The molecule has 0 aliphatic heterocycles. The van der Waals surface area contributed by atoms with E-state index in [1.54, 1.807) is 24.0 Å².